The van der Waals surface area contributed by atoms with E-state index in [1.165, 1.54) is 6.42 Å². The molecule has 29 heavy (non-hydrogen) atoms. The van der Waals surface area contributed by atoms with E-state index in [0.717, 1.165) is 48.8 Å². The zero-order valence-electron chi connectivity index (χ0n) is 17.4. The van der Waals surface area contributed by atoms with Gasteiger partial charge in [0.15, 0.2) is 0 Å². The van der Waals surface area contributed by atoms with E-state index < -0.39 is 0 Å². The van der Waals surface area contributed by atoms with E-state index in [9.17, 15) is 0 Å². The number of aromatic nitrogens is 4. The van der Waals surface area contributed by atoms with Gasteiger partial charge in [-0.1, -0.05) is 36.3 Å². The quantitative estimate of drug-likeness (QED) is 0.636. The second-order valence-corrected chi connectivity index (χ2v) is 7.65. The topological polar surface area (TPSA) is 71.2 Å². The number of benzene rings is 1. The summed E-state index contributed by atoms with van der Waals surface area (Å²) in [4.78, 5) is 18.2. The highest BCUT2D eigenvalue weighted by atomic mass is 16.5. The molecule has 0 amide bonds. The molecule has 0 saturated carbocycles. The lowest BCUT2D eigenvalue weighted by Gasteiger charge is -2.37. The van der Waals surface area contributed by atoms with Gasteiger partial charge in [0.05, 0.1) is 12.2 Å². The minimum absolute atomic E-state index is 0.628. The van der Waals surface area contributed by atoms with Gasteiger partial charge in [0.1, 0.15) is 5.82 Å². The molecular formula is C22H28N6O. The molecule has 1 aromatic carbocycles. The average molecular weight is 393 g/mol. The molecule has 0 radical (unpaired) electrons. The number of aryl methyl sites for hydroxylation is 1. The number of nitrogens with zero attached hydrogens (tertiary/aromatic N) is 6. The zero-order chi connectivity index (χ0) is 20.2. The molecule has 4 rings (SSSR count). The number of hydrogen-bond donors (Lipinski definition) is 0. The maximum absolute atomic E-state index is 5.51. The minimum Gasteiger partial charge on any atom is -0.338 e. The summed E-state index contributed by atoms with van der Waals surface area (Å²) >= 11 is 0. The fourth-order valence-electron chi connectivity index (χ4n) is 3.66. The van der Waals surface area contributed by atoms with Crippen LogP contribution in [0.5, 0.6) is 0 Å². The Morgan fingerprint density at radius 1 is 1.00 bits per heavy atom. The van der Waals surface area contributed by atoms with Gasteiger partial charge in [-0.25, -0.2) is 9.97 Å². The van der Waals surface area contributed by atoms with E-state index in [4.69, 9.17) is 4.52 Å². The second kappa shape index (κ2) is 8.80. The average Bonchev–Trinajstić information content (AvgIpc) is 3.22. The fraction of sp³-hybridized carbons (Fsp3) is 0.455. The van der Waals surface area contributed by atoms with Gasteiger partial charge in [0, 0.05) is 49.5 Å². The maximum atomic E-state index is 5.51. The molecule has 0 spiro atoms. The molecule has 3 heterocycles. The molecule has 1 aliphatic heterocycles. The highest BCUT2D eigenvalue weighted by Gasteiger charge is 2.21. The summed E-state index contributed by atoms with van der Waals surface area (Å²) in [5, 5.41) is 4.18. The predicted molar refractivity (Wildman–Crippen MR) is 112 cm³/mol. The van der Waals surface area contributed by atoms with Crippen molar-refractivity contribution in [1.29, 1.82) is 0 Å². The van der Waals surface area contributed by atoms with Crippen molar-refractivity contribution >= 4 is 0 Å². The van der Waals surface area contributed by atoms with Crippen molar-refractivity contribution in [1.82, 2.24) is 29.9 Å². The van der Waals surface area contributed by atoms with Gasteiger partial charge in [-0.15, -0.1) is 0 Å². The van der Waals surface area contributed by atoms with Crippen LogP contribution in [0.25, 0.3) is 22.6 Å². The van der Waals surface area contributed by atoms with Crippen LogP contribution in [-0.2, 0) is 6.54 Å². The van der Waals surface area contributed by atoms with Crippen LogP contribution in [0.3, 0.4) is 0 Å². The number of hydrogen-bond acceptors (Lipinski definition) is 7. The third-order valence-electron chi connectivity index (χ3n) is 5.66. The van der Waals surface area contributed by atoms with Crippen molar-refractivity contribution in [2.75, 3.05) is 26.2 Å². The van der Waals surface area contributed by atoms with Crippen LogP contribution in [0, 0.1) is 6.92 Å². The largest absolute Gasteiger partial charge is 0.338 e. The molecule has 1 atom stereocenters. The molecule has 2 aromatic heterocycles. The molecule has 0 unspecified atom stereocenters. The van der Waals surface area contributed by atoms with Gasteiger partial charge in [-0.05, 0) is 26.3 Å². The Kier molecular flexibility index (Phi) is 5.97. The summed E-state index contributed by atoms with van der Waals surface area (Å²) in [6.45, 7) is 11.4. The van der Waals surface area contributed by atoms with Gasteiger partial charge in [0.2, 0.25) is 11.7 Å². The van der Waals surface area contributed by atoms with Gasteiger partial charge < -0.3 is 4.52 Å². The standard InChI is InChI=1S/C22H28N6O/c1-4-16(2)28-13-11-27(12-14-28)15-21-25-22(26-29-21)19-7-5-18(6-8-19)20-9-10-23-17(3)24-20/h5-10,16H,4,11-15H2,1-3H3/t16-/m0/s1. The van der Waals surface area contributed by atoms with Crippen molar-refractivity contribution in [3.63, 3.8) is 0 Å². The van der Waals surface area contributed by atoms with E-state index in [0.29, 0.717) is 24.3 Å². The minimum atomic E-state index is 0.628. The van der Waals surface area contributed by atoms with Crippen molar-refractivity contribution in [3.8, 4) is 22.6 Å². The molecule has 0 bridgehead atoms. The highest BCUT2D eigenvalue weighted by molar-refractivity contribution is 5.64. The summed E-state index contributed by atoms with van der Waals surface area (Å²) < 4.78 is 5.51. The first kappa shape index (κ1) is 19.7. The van der Waals surface area contributed by atoms with E-state index in [-0.39, 0.29) is 0 Å². The molecule has 0 aliphatic carbocycles. The Morgan fingerprint density at radius 3 is 2.41 bits per heavy atom. The Balaban J connectivity index is 1.38. The second-order valence-electron chi connectivity index (χ2n) is 7.65. The van der Waals surface area contributed by atoms with Crippen molar-refractivity contribution < 1.29 is 4.52 Å². The Labute approximate surface area is 171 Å². The lowest BCUT2D eigenvalue weighted by molar-refractivity contribution is 0.0892. The Hall–Kier alpha value is -2.64. The lowest BCUT2D eigenvalue weighted by Crippen LogP contribution is -2.49. The van der Waals surface area contributed by atoms with E-state index >= 15 is 0 Å². The van der Waals surface area contributed by atoms with Crippen molar-refractivity contribution in [2.45, 2.75) is 39.8 Å². The zero-order valence-corrected chi connectivity index (χ0v) is 17.4. The fourth-order valence-corrected chi connectivity index (χ4v) is 3.66. The van der Waals surface area contributed by atoms with Crippen LogP contribution >= 0.6 is 0 Å². The van der Waals surface area contributed by atoms with Crippen molar-refractivity contribution in [2.24, 2.45) is 0 Å². The van der Waals surface area contributed by atoms with Gasteiger partial charge in [-0.3, -0.25) is 9.80 Å². The first-order chi connectivity index (χ1) is 14.1. The molecule has 3 aromatic rings. The van der Waals surface area contributed by atoms with Gasteiger partial charge >= 0.3 is 0 Å². The first-order valence-electron chi connectivity index (χ1n) is 10.3. The van der Waals surface area contributed by atoms with Crippen LogP contribution in [0.2, 0.25) is 0 Å². The smallest absolute Gasteiger partial charge is 0.241 e. The summed E-state index contributed by atoms with van der Waals surface area (Å²) in [6.07, 6.45) is 2.97. The summed E-state index contributed by atoms with van der Waals surface area (Å²) in [5.74, 6) is 2.07. The van der Waals surface area contributed by atoms with E-state index in [1.807, 2.05) is 37.3 Å². The summed E-state index contributed by atoms with van der Waals surface area (Å²) in [6, 6.07) is 10.6. The first-order valence-corrected chi connectivity index (χ1v) is 10.3. The number of piperazine rings is 1. The molecule has 0 N–H and O–H groups in total. The van der Waals surface area contributed by atoms with Gasteiger partial charge in [-0.2, -0.15) is 4.98 Å². The van der Waals surface area contributed by atoms with Crippen LogP contribution in [-0.4, -0.2) is 62.1 Å². The molecule has 1 saturated heterocycles. The van der Waals surface area contributed by atoms with Crippen LogP contribution < -0.4 is 0 Å². The SMILES string of the molecule is CC[C@H](C)N1CCN(Cc2nc(-c3ccc(-c4ccnc(C)n4)cc3)no2)CC1. The molecule has 1 fully saturated rings. The molecule has 7 heteroatoms. The van der Waals surface area contributed by atoms with E-state index in [2.05, 4.69) is 43.8 Å². The maximum Gasteiger partial charge on any atom is 0.241 e. The van der Waals surface area contributed by atoms with Crippen LogP contribution in [0.4, 0.5) is 0 Å². The van der Waals surface area contributed by atoms with Gasteiger partial charge in [0.25, 0.3) is 0 Å². The van der Waals surface area contributed by atoms with E-state index in [1.54, 1.807) is 6.20 Å². The normalized spacial score (nSPS) is 16.8. The predicted octanol–water partition coefficient (Wildman–Crippen LogP) is 3.42. The Bertz CT molecular complexity index is 930. The highest BCUT2D eigenvalue weighted by Crippen LogP contribution is 2.22. The summed E-state index contributed by atoms with van der Waals surface area (Å²) in [7, 11) is 0. The monoisotopic (exact) mass is 392 g/mol. The van der Waals surface area contributed by atoms with Crippen molar-refractivity contribution in [3.05, 3.63) is 48.2 Å². The van der Waals surface area contributed by atoms with Crippen LogP contribution in [0.15, 0.2) is 41.1 Å². The third kappa shape index (κ3) is 4.68. The van der Waals surface area contributed by atoms with Crippen LogP contribution in [0.1, 0.15) is 32.0 Å². The number of rotatable bonds is 6. The molecule has 1 aliphatic rings. The molecule has 7 nitrogen and oxygen atoms in total. The lowest BCUT2D eigenvalue weighted by atomic mass is 10.1. The molecular weight excluding hydrogens is 364 g/mol. The summed E-state index contributed by atoms with van der Waals surface area (Å²) in [5.41, 5.74) is 2.90. The molecule has 152 valence electrons. The Morgan fingerprint density at radius 2 is 1.72 bits per heavy atom. The third-order valence-corrected chi connectivity index (χ3v) is 5.66.